The number of rotatable bonds is 4. The summed E-state index contributed by atoms with van der Waals surface area (Å²) in [6.45, 7) is 15.2. The fourth-order valence-electron chi connectivity index (χ4n) is 11.0. The summed E-state index contributed by atoms with van der Waals surface area (Å²) < 4.78 is 19.5. The second kappa shape index (κ2) is 9.50. The molecule has 0 N–H and O–H groups in total. The number of hydrogen-bond donors (Lipinski definition) is 0. The first kappa shape index (κ1) is 26.6. The summed E-state index contributed by atoms with van der Waals surface area (Å²) in [5.41, 5.74) is 0.810. The predicted molar refractivity (Wildman–Crippen MR) is 146 cm³/mol. The maximum Gasteiger partial charge on any atom is 0.306 e. The molecule has 0 amide bonds. The van der Waals surface area contributed by atoms with Gasteiger partial charge in [0.15, 0.2) is 5.79 Å². The van der Waals surface area contributed by atoms with Crippen LogP contribution in [-0.2, 0) is 19.0 Å². The Kier molecular flexibility index (Phi) is 6.83. The molecule has 0 unspecified atom stereocenters. The van der Waals surface area contributed by atoms with E-state index in [9.17, 15) is 4.79 Å². The normalized spacial score (nSPS) is 53.6. The third kappa shape index (κ3) is 4.16. The van der Waals surface area contributed by atoms with Crippen molar-refractivity contribution >= 4 is 5.97 Å². The molecule has 0 radical (unpaired) electrons. The first-order chi connectivity index (χ1) is 17.6. The van der Waals surface area contributed by atoms with Crippen molar-refractivity contribution in [2.75, 3.05) is 6.61 Å². The Balaban J connectivity index is 1.13. The molecule has 6 aliphatic rings. The van der Waals surface area contributed by atoms with Gasteiger partial charge in [-0.1, -0.05) is 48.0 Å². The summed E-state index contributed by atoms with van der Waals surface area (Å²) in [4.78, 5) is 12.5. The van der Waals surface area contributed by atoms with E-state index in [1.54, 1.807) is 0 Å². The topological polar surface area (TPSA) is 44.8 Å². The highest BCUT2D eigenvalue weighted by Gasteiger charge is 2.69. The third-order valence-electron chi connectivity index (χ3n) is 13.4. The van der Waals surface area contributed by atoms with Crippen molar-refractivity contribution in [3.05, 3.63) is 0 Å². The molecule has 4 heteroatoms. The summed E-state index contributed by atoms with van der Waals surface area (Å²) in [5.74, 6) is 5.15. The van der Waals surface area contributed by atoms with Crippen LogP contribution in [0.2, 0.25) is 0 Å². The molecule has 2 heterocycles. The number of hydrogen-bond acceptors (Lipinski definition) is 4. The first-order valence-corrected chi connectivity index (χ1v) is 16.1. The Morgan fingerprint density at radius 2 is 1.76 bits per heavy atom. The van der Waals surface area contributed by atoms with E-state index in [0.29, 0.717) is 52.9 Å². The average Bonchev–Trinajstić information content (AvgIpc) is 3.31. The maximum atomic E-state index is 12.5. The third-order valence-corrected chi connectivity index (χ3v) is 13.4. The minimum absolute atomic E-state index is 0.0332. The van der Waals surface area contributed by atoms with Crippen LogP contribution in [0.3, 0.4) is 0 Å². The van der Waals surface area contributed by atoms with Gasteiger partial charge in [0, 0.05) is 18.8 Å². The quantitative estimate of drug-likeness (QED) is 0.359. The molecule has 6 rings (SSSR count). The van der Waals surface area contributed by atoms with E-state index in [-0.39, 0.29) is 17.9 Å². The molecule has 6 fully saturated rings. The molecular weight excluding hydrogens is 460 g/mol. The number of esters is 1. The highest BCUT2D eigenvalue weighted by Crippen LogP contribution is 2.71. The Bertz CT molecular complexity index is 862. The van der Waals surface area contributed by atoms with Crippen LogP contribution < -0.4 is 0 Å². The number of carbonyl (C=O) groups excluding carboxylic acids is 1. The Labute approximate surface area is 226 Å². The van der Waals surface area contributed by atoms with Gasteiger partial charge in [0.1, 0.15) is 6.10 Å². The molecule has 13 atom stereocenters. The molecule has 1 spiro atoms. The van der Waals surface area contributed by atoms with Gasteiger partial charge < -0.3 is 14.2 Å². The Morgan fingerprint density at radius 3 is 2.49 bits per heavy atom. The second-order valence-electron chi connectivity index (χ2n) is 15.3. The van der Waals surface area contributed by atoms with Crippen molar-refractivity contribution in [2.24, 2.45) is 58.2 Å². The highest BCUT2D eigenvalue weighted by atomic mass is 16.7. The van der Waals surface area contributed by atoms with Gasteiger partial charge in [-0.2, -0.15) is 0 Å². The lowest BCUT2D eigenvalue weighted by Gasteiger charge is -2.61. The molecule has 37 heavy (non-hydrogen) atoms. The lowest BCUT2D eigenvalue weighted by Crippen LogP contribution is -2.55. The van der Waals surface area contributed by atoms with E-state index in [0.717, 1.165) is 50.0 Å². The van der Waals surface area contributed by atoms with Crippen molar-refractivity contribution in [3.8, 4) is 0 Å². The predicted octanol–water partition coefficient (Wildman–Crippen LogP) is 7.78. The van der Waals surface area contributed by atoms with Crippen LogP contribution in [0, 0.1) is 58.2 Å². The van der Waals surface area contributed by atoms with Crippen molar-refractivity contribution in [1.29, 1.82) is 0 Å². The van der Waals surface area contributed by atoms with Gasteiger partial charge in [0.25, 0.3) is 0 Å². The molecule has 2 saturated heterocycles. The van der Waals surface area contributed by atoms with Crippen molar-refractivity contribution in [1.82, 2.24) is 0 Å². The summed E-state index contributed by atoms with van der Waals surface area (Å²) >= 11 is 0. The molecule has 0 bridgehead atoms. The standard InChI is InChI=1S/C33H54O4/c1-7-20(2)16-29(34)36-24-11-13-31(5)23(17-24)8-9-25-26(31)12-14-32(6)27(25)18-28-30(32)22(4)33(37-28)15-10-21(3)19-35-33/h20-28,30H,7-19H2,1-6H3/t20-,21-,22+,23+,24-,25-,26+,27+,28+,30+,31+,32+,33+/m1/s1. The SMILES string of the molecule is CC[C@@H](C)CC(=O)O[C@@H]1CC[C@@]2(C)[C@@H](CC[C@@H]3[C@@H]2CC[C@]2(C)[C@@H]4[C@H](C[C@@H]32)O[C@@]2(CC[C@@H](C)CO2)[C@H]4C)C1. The first-order valence-electron chi connectivity index (χ1n) is 16.1. The lowest BCUT2D eigenvalue weighted by molar-refractivity contribution is -0.273. The van der Waals surface area contributed by atoms with Crippen molar-refractivity contribution in [3.63, 3.8) is 0 Å². The second-order valence-corrected chi connectivity index (χ2v) is 15.3. The smallest absolute Gasteiger partial charge is 0.306 e. The van der Waals surface area contributed by atoms with Gasteiger partial charge in [-0.25, -0.2) is 0 Å². The van der Waals surface area contributed by atoms with Crippen LogP contribution in [0.1, 0.15) is 119 Å². The van der Waals surface area contributed by atoms with Crippen molar-refractivity contribution in [2.45, 2.75) is 137 Å². The lowest BCUT2D eigenvalue weighted by atomic mass is 9.44. The summed E-state index contributed by atoms with van der Waals surface area (Å²) in [6.07, 6.45) is 14.6. The Morgan fingerprint density at radius 1 is 0.973 bits per heavy atom. The van der Waals surface area contributed by atoms with Crippen LogP contribution >= 0.6 is 0 Å². The minimum atomic E-state index is -0.305. The Hall–Kier alpha value is -0.610. The molecule has 0 aromatic heterocycles. The van der Waals surface area contributed by atoms with E-state index in [2.05, 4.69) is 41.5 Å². The summed E-state index contributed by atoms with van der Waals surface area (Å²) in [6, 6.07) is 0. The van der Waals surface area contributed by atoms with E-state index in [1.165, 1.54) is 44.9 Å². The van der Waals surface area contributed by atoms with Crippen molar-refractivity contribution < 1.29 is 19.0 Å². The van der Waals surface area contributed by atoms with Crippen LogP contribution in [0.5, 0.6) is 0 Å². The zero-order valence-electron chi connectivity index (χ0n) is 24.6. The van der Waals surface area contributed by atoms with Gasteiger partial charge in [-0.15, -0.1) is 0 Å². The van der Waals surface area contributed by atoms with Crippen LogP contribution in [0.25, 0.3) is 0 Å². The van der Waals surface area contributed by atoms with E-state index < -0.39 is 0 Å². The highest BCUT2D eigenvalue weighted by molar-refractivity contribution is 5.69. The largest absolute Gasteiger partial charge is 0.462 e. The van der Waals surface area contributed by atoms with Gasteiger partial charge >= 0.3 is 5.97 Å². The molecule has 210 valence electrons. The van der Waals surface area contributed by atoms with Gasteiger partial charge in [0.05, 0.1) is 12.7 Å². The zero-order chi connectivity index (χ0) is 26.2. The summed E-state index contributed by atoms with van der Waals surface area (Å²) in [5, 5.41) is 0. The molecule has 0 aromatic carbocycles. The van der Waals surface area contributed by atoms with E-state index >= 15 is 0 Å². The van der Waals surface area contributed by atoms with E-state index in [1.807, 2.05) is 0 Å². The fourth-order valence-corrected chi connectivity index (χ4v) is 11.0. The zero-order valence-corrected chi connectivity index (χ0v) is 24.6. The van der Waals surface area contributed by atoms with E-state index in [4.69, 9.17) is 14.2 Å². The number of fused-ring (bicyclic) bond motifs is 7. The summed E-state index contributed by atoms with van der Waals surface area (Å²) in [7, 11) is 0. The van der Waals surface area contributed by atoms with Gasteiger partial charge in [-0.05, 0) is 110 Å². The molecule has 4 aliphatic carbocycles. The fraction of sp³-hybridized carbons (Fsp3) is 0.970. The minimum Gasteiger partial charge on any atom is -0.462 e. The number of carbonyl (C=O) groups is 1. The van der Waals surface area contributed by atoms with Crippen LogP contribution in [0.15, 0.2) is 0 Å². The molecule has 4 nitrogen and oxygen atoms in total. The molecule has 0 aromatic rings. The van der Waals surface area contributed by atoms with Gasteiger partial charge in [-0.3, -0.25) is 4.79 Å². The van der Waals surface area contributed by atoms with Crippen LogP contribution in [-0.4, -0.2) is 30.6 Å². The maximum absolute atomic E-state index is 12.5. The molecular formula is C33H54O4. The van der Waals surface area contributed by atoms with Crippen LogP contribution in [0.4, 0.5) is 0 Å². The molecule has 2 aliphatic heterocycles. The molecule has 4 saturated carbocycles. The number of ether oxygens (including phenoxy) is 3. The average molecular weight is 515 g/mol. The van der Waals surface area contributed by atoms with Gasteiger partial charge in [0.2, 0.25) is 0 Å². The monoisotopic (exact) mass is 514 g/mol.